The van der Waals surface area contributed by atoms with Crippen molar-refractivity contribution in [3.63, 3.8) is 0 Å². The number of nitrogens with one attached hydrogen (secondary N) is 1. The van der Waals surface area contributed by atoms with Crippen LogP contribution in [0.2, 0.25) is 0 Å². The van der Waals surface area contributed by atoms with Crippen molar-refractivity contribution in [2.75, 3.05) is 0 Å². The Hall–Kier alpha value is -1.48. The van der Waals surface area contributed by atoms with Crippen LogP contribution in [-0.2, 0) is 4.79 Å². The third kappa shape index (κ3) is 3.64. The van der Waals surface area contributed by atoms with Crippen LogP contribution in [-0.4, -0.2) is 11.9 Å². The molecule has 0 aliphatic heterocycles. The lowest BCUT2D eigenvalue weighted by Crippen LogP contribution is -2.42. The molecule has 15 heavy (non-hydrogen) atoms. The molecule has 0 rings (SSSR count). The molecule has 0 aromatic rings. The zero-order chi connectivity index (χ0) is 11.9. The summed E-state index contributed by atoms with van der Waals surface area (Å²) >= 11 is 0. The fraction of sp³-hybridized carbons (Fsp3) is 0.667. The van der Waals surface area contributed by atoms with E-state index in [2.05, 4.69) is 11.2 Å². The second-order valence-electron chi connectivity index (χ2n) is 3.78. The average Bonchev–Trinajstić information content (AvgIpc) is 2.27. The number of nitriles is 1. The van der Waals surface area contributed by atoms with E-state index in [1.165, 1.54) is 0 Å². The van der Waals surface area contributed by atoms with E-state index < -0.39 is 5.41 Å². The average molecular weight is 206 g/mol. The molecule has 0 saturated heterocycles. The standard InChI is InChI=1S/C12H18N2O/c1-5-8-10(6-2)14-11(15)12(4,7-3)9-13/h2,10H,5,7-8H2,1,3-4H3,(H,14,15). The van der Waals surface area contributed by atoms with E-state index in [4.69, 9.17) is 11.7 Å². The minimum absolute atomic E-state index is 0.262. The molecule has 1 amide bonds. The summed E-state index contributed by atoms with van der Waals surface area (Å²) in [6.45, 7) is 5.44. The third-order valence-electron chi connectivity index (χ3n) is 2.54. The Morgan fingerprint density at radius 1 is 1.60 bits per heavy atom. The lowest BCUT2D eigenvalue weighted by atomic mass is 9.88. The summed E-state index contributed by atoms with van der Waals surface area (Å²) in [6.07, 6.45) is 7.42. The van der Waals surface area contributed by atoms with Crippen molar-refractivity contribution in [2.45, 2.75) is 46.1 Å². The molecular formula is C12H18N2O. The molecule has 0 aromatic heterocycles. The molecule has 0 aromatic carbocycles. The number of nitrogens with zero attached hydrogens (tertiary/aromatic N) is 1. The predicted molar refractivity (Wildman–Crippen MR) is 59.7 cm³/mol. The van der Waals surface area contributed by atoms with E-state index in [0.717, 1.165) is 12.8 Å². The number of amides is 1. The summed E-state index contributed by atoms with van der Waals surface area (Å²) in [5.74, 6) is 2.24. The molecule has 0 saturated carbocycles. The fourth-order valence-electron chi connectivity index (χ4n) is 1.09. The molecule has 82 valence electrons. The van der Waals surface area contributed by atoms with E-state index in [0.29, 0.717) is 6.42 Å². The molecule has 0 radical (unpaired) electrons. The minimum Gasteiger partial charge on any atom is -0.341 e. The zero-order valence-electron chi connectivity index (χ0n) is 9.63. The van der Waals surface area contributed by atoms with E-state index in [1.807, 2.05) is 19.9 Å². The minimum atomic E-state index is -0.969. The first-order chi connectivity index (χ1) is 7.03. The molecule has 0 fully saturated rings. The van der Waals surface area contributed by atoms with Gasteiger partial charge in [0.2, 0.25) is 5.91 Å². The highest BCUT2D eigenvalue weighted by atomic mass is 16.2. The Morgan fingerprint density at radius 3 is 2.53 bits per heavy atom. The SMILES string of the molecule is C#CC(CCC)NC(=O)C(C)(C#N)CC. The topological polar surface area (TPSA) is 52.9 Å². The Labute approximate surface area is 91.9 Å². The maximum absolute atomic E-state index is 11.7. The van der Waals surface area contributed by atoms with Gasteiger partial charge in [-0.2, -0.15) is 5.26 Å². The summed E-state index contributed by atoms with van der Waals surface area (Å²) in [5.41, 5.74) is -0.969. The monoisotopic (exact) mass is 206 g/mol. The molecule has 0 aliphatic carbocycles. The normalized spacial score (nSPS) is 15.5. The van der Waals surface area contributed by atoms with E-state index >= 15 is 0 Å². The summed E-state index contributed by atoms with van der Waals surface area (Å²) < 4.78 is 0. The molecular weight excluding hydrogens is 188 g/mol. The van der Waals surface area contributed by atoms with E-state index in [1.54, 1.807) is 6.92 Å². The van der Waals surface area contributed by atoms with Crippen LogP contribution in [0.1, 0.15) is 40.0 Å². The van der Waals surface area contributed by atoms with Gasteiger partial charge >= 0.3 is 0 Å². The summed E-state index contributed by atoms with van der Waals surface area (Å²) in [5, 5.41) is 11.6. The molecule has 0 spiro atoms. The number of carbonyl (C=O) groups excluding carboxylic acids is 1. The van der Waals surface area contributed by atoms with Gasteiger partial charge in [0.15, 0.2) is 0 Å². The van der Waals surface area contributed by atoms with Crippen molar-refractivity contribution in [1.82, 2.24) is 5.32 Å². The molecule has 0 heterocycles. The van der Waals surface area contributed by atoms with Gasteiger partial charge in [-0.25, -0.2) is 0 Å². The van der Waals surface area contributed by atoms with Gasteiger partial charge in [-0.3, -0.25) is 4.79 Å². The van der Waals surface area contributed by atoms with Gasteiger partial charge in [0.25, 0.3) is 0 Å². The van der Waals surface area contributed by atoms with Crippen LogP contribution in [0.3, 0.4) is 0 Å². The number of rotatable bonds is 5. The third-order valence-corrected chi connectivity index (χ3v) is 2.54. The van der Waals surface area contributed by atoms with Crippen molar-refractivity contribution in [3.05, 3.63) is 0 Å². The first kappa shape index (κ1) is 13.5. The van der Waals surface area contributed by atoms with Gasteiger partial charge < -0.3 is 5.32 Å². The maximum atomic E-state index is 11.7. The van der Waals surface area contributed by atoms with Gasteiger partial charge in [-0.05, 0) is 19.8 Å². The molecule has 3 heteroatoms. The van der Waals surface area contributed by atoms with Crippen LogP contribution in [0.5, 0.6) is 0 Å². The van der Waals surface area contributed by atoms with Crippen LogP contribution >= 0.6 is 0 Å². The van der Waals surface area contributed by atoms with Gasteiger partial charge in [-0.1, -0.05) is 26.2 Å². The Morgan fingerprint density at radius 2 is 2.20 bits per heavy atom. The van der Waals surface area contributed by atoms with Crippen LogP contribution in [0.15, 0.2) is 0 Å². The van der Waals surface area contributed by atoms with E-state index in [9.17, 15) is 4.79 Å². The fourth-order valence-corrected chi connectivity index (χ4v) is 1.09. The van der Waals surface area contributed by atoms with E-state index in [-0.39, 0.29) is 11.9 Å². The Bertz CT molecular complexity index is 298. The lowest BCUT2D eigenvalue weighted by Gasteiger charge is -2.21. The number of carbonyl (C=O) groups is 1. The number of hydrogen-bond acceptors (Lipinski definition) is 2. The van der Waals surface area contributed by atoms with Crippen LogP contribution in [0, 0.1) is 29.1 Å². The Balaban J connectivity index is 4.49. The van der Waals surface area contributed by atoms with Crippen LogP contribution in [0.25, 0.3) is 0 Å². The molecule has 1 N–H and O–H groups in total. The van der Waals surface area contributed by atoms with Gasteiger partial charge in [0, 0.05) is 0 Å². The van der Waals surface area contributed by atoms with Gasteiger partial charge in [0.05, 0.1) is 12.1 Å². The maximum Gasteiger partial charge on any atom is 0.241 e. The van der Waals surface area contributed by atoms with Crippen molar-refractivity contribution >= 4 is 5.91 Å². The van der Waals surface area contributed by atoms with Gasteiger partial charge in [-0.15, -0.1) is 6.42 Å². The first-order valence-corrected chi connectivity index (χ1v) is 5.22. The summed E-state index contributed by atoms with van der Waals surface area (Å²) in [7, 11) is 0. The molecule has 2 atom stereocenters. The lowest BCUT2D eigenvalue weighted by molar-refractivity contribution is -0.128. The van der Waals surface area contributed by atoms with Gasteiger partial charge in [0.1, 0.15) is 5.41 Å². The molecule has 2 unspecified atom stereocenters. The molecule has 3 nitrogen and oxygen atoms in total. The second-order valence-corrected chi connectivity index (χ2v) is 3.78. The largest absolute Gasteiger partial charge is 0.341 e. The number of hydrogen-bond donors (Lipinski definition) is 1. The van der Waals surface area contributed by atoms with Crippen LogP contribution in [0.4, 0.5) is 0 Å². The summed E-state index contributed by atoms with van der Waals surface area (Å²) in [6, 6.07) is 1.76. The highest BCUT2D eigenvalue weighted by molar-refractivity contribution is 5.85. The van der Waals surface area contributed by atoms with Crippen molar-refractivity contribution in [2.24, 2.45) is 5.41 Å². The quantitative estimate of drug-likeness (QED) is 0.698. The Kier molecular flexibility index (Phi) is 5.49. The van der Waals surface area contributed by atoms with Crippen molar-refractivity contribution in [1.29, 1.82) is 5.26 Å². The molecule has 0 bridgehead atoms. The predicted octanol–water partition coefficient (Wildman–Crippen LogP) is 1.84. The second kappa shape index (κ2) is 6.09. The first-order valence-electron chi connectivity index (χ1n) is 5.22. The van der Waals surface area contributed by atoms with Crippen molar-refractivity contribution in [3.8, 4) is 18.4 Å². The smallest absolute Gasteiger partial charge is 0.241 e. The summed E-state index contributed by atoms with van der Waals surface area (Å²) in [4.78, 5) is 11.7. The molecule has 0 aliphatic rings. The highest BCUT2D eigenvalue weighted by Crippen LogP contribution is 2.19. The van der Waals surface area contributed by atoms with Crippen LogP contribution < -0.4 is 5.32 Å². The van der Waals surface area contributed by atoms with Crippen molar-refractivity contribution < 1.29 is 4.79 Å². The zero-order valence-corrected chi connectivity index (χ0v) is 9.63. The number of terminal acetylenes is 1. The highest BCUT2D eigenvalue weighted by Gasteiger charge is 2.32.